The number of anilines is 1. The van der Waals surface area contributed by atoms with Crippen LogP contribution in [0.15, 0.2) is 54.9 Å². The number of nitrogens with one attached hydrogen (secondary N) is 2. The Bertz CT molecular complexity index is 961. The van der Waals surface area contributed by atoms with Gasteiger partial charge in [-0.3, -0.25) is 19.6 Å². The summed E-state index contributed by atoms with van der Waals surface area (Å²) >= 11 is 0. The smallest absolute Gasteiger partial charge is 0.274 e. The molecular weight excluding hydrogens is 316 g/mol. The lowest BCUT2D eigenvalue weighted by Gasteiger charge is -2.08. The number of carbonyl (C=O) groups excluding carboxylic acids is 2. The average molecular weight is 332 g/mol. The van der Waals surface area contributed by atoms with Gasteiger partial charge in [0.25, 0.3) is 11.8 Å². The second kappa shape index (κ2) is 6.32. The van der Waals surface area contributed by atoms with E-state index in [0.29, 0.717) is 16.8 Å². The van der Waals surface area contributed by atoms with Gasteiger partial charge in [0.05, 0.1) is 11.2 Å². The van der Waals surface area contributed by atoms with Crippen molar-refractivity contribution in [3.05, 3.63) is 66.1 Å². The van der Waals surface area contributed by atoms with Crippen molar-refractivity contribution in [1.82, 2.24) is 15.3 Å². The monoisotopic (exact) mass is 332 g/mol. The quantitative estimate of drug-likeness (QED) is 0.769. The molecule has 2 heterocycles. The lowest BCUT2D eigenvalue weighted by atomic mass is 10.1. The van der Waals surface area contributed by atoms with Crippen LogP contribution in [-0.4, -0.2) is 27.8 Å². The molecule has 2 N–H and O–H groups in total. The van der Waals surface area contributed by atoms with Crippen molar-refractivity contribution in [2.24, 2.45) is 0 Å². The number of benzene rings is 1. The third-order valence-corrected chi connectivity index (χ3v) is 4.05. The van der Waals surface area contributed by atoms with Gasteiger partial charge in [0.15, 0.2) is 0 Å². The molecule has 6 nitrogen and oxygen atoms in total. The molecule has 2 amide bonds. The van der Waals surface area contributed by atoms with Gasteiger partial charge in [0.2, 0.25) is 0 Å². The normalized spacial score (nSPS) is 13.4. The lowest BCUT2D eigenvalue weighted by molar-refractivity contribution is 0.0951. The molecule has 0 bridgehead atoms. The fourth-order valence-corrected chi connectivity index (χ4v) is 2.58. The largest absolute Gasteiger partial charge is 0.349 e. The molecule has 6 heteroatoms. The summed E-state index contributed by atoms with van der Waals surface area (Å²) in [5.74, 6) is -0.551. The number of para-hydroxylation sites is 1. The summed E-state index contributed by atoms with van der Waals surface area (Å²) in [5, 5.41) is 6.66. The summed E-state index contributed by atoms with van der Waals surface area (Å²) in [7, 11) is 0. The zero-order chi connectivity index (χ0) is 17.2. The van der Waals surface area contributed by atoms with Gasteiger partial charge in [-0.15, -0.1) is 0 Å². The highest BCUT2D eigenvalue weighted by atomic mass is 16.2. The second-order valence-electron chi connectivity index (χ2n) is 6.01. The zero-order valence-electron chi connectivity index (χ0n) is 13.4. The van der Waals surface area contributed by atoms with Gasteiger partial charge in [0, 0.05) is 29.4 Å². The van der Waals surface area contributed by atoms with Crippen LogP contribution >= 0.6 is 0 Å². The molecule has 0 atom stereocenters. The van der Waals surface area contributed by atoms with E-state index in [9.17, 15) is 9.59 Å². The number of hydrogen-bond donors (Lipinski definition) is 2. The first-order valence-electron chi connectivity index (χ1n) is 8.13. The van der Waals surface area contributed by atoms with E-state index < -0.39 is 0 Å². The summed E-state index contributed by atoms with van der Waals surface area (Å²) in [6.07, 6.45) is 5.17. The first-order valence-corrected chi connectivity index (χ1v) is 8.13. The molecule has 1 aliphatic rings. The second-order valence-corrected chi connectivity index (χ2v) is 6.01. The maximum atomic E-state index is 12.5. The summed E-state index contributed by atoms with van der Waals surface area (Å²) in [6.45, 7) is 0. The van der Waals surface area contributed by atoms with Crippen LogP contribution in [0, 0.1) is 0 Å². The van der Waals surface area contributed by atoms with Gasteiger partial charge in [-0.25, -0.2) is 0 Å². The number of aromatic nitrogens is 2. The molecule has 1 saturated carbocycles. The topological polar surface area (TPSA) is 84.0 Å². The molecule has 3 aromatic rings. The molecule has 124 valence electrons. The standard InChI is InChI=1S/C19H16N4O2/c24-18(22-14-6-7-14)13-8-10-20-16(11-13)19(25)23-15-5-1-3-12-4-2-9-21-17(12)15/h1-5,8-11,14H,6-7H2,(H,22,24)(H,23,25). The SMILES string of the molecule is O=C(NC1CC1)c1ccnc(C(=O)Nc2cccc3cccnc23)c1. The van der Waals surface area contributed by atoms with E-state index in [1.807, 2.05) is 24.3 Å². The van der Waals surface area contributed by atoms with Crippen molar-refractivity contribution in [3.8, 4) is 0 Å². The van der Waals surface area contributed by atoms with E-state index in [4.69, 9.17) is 0 Å². The van der Waals surface area contributed by atoms with Gasteiger partial charge in [-0.1, -0.05) is 18.2 Å². The number of amides is 2. The van der Waals surface area contributed by atoms with Gasteiger partial charge in [-0.05, 0) is 37.1 Å². The van der Waals surface area contributed by atoms with Crippen LogP contribution in [0.3, 0.4) is 0 Å². The van der Waals surface area contributed by atoms with Gasteiger partial charge in [0.1, 0.15) is 5.69 Å². The molecule has 1 fully saturated rings. The number of nitrogens with zero attached hydrogens (tertiary/aromatic N) is 2. The van der Waals surface area contributed by atoms with Crippen LogP contribution in [0.1, 0.15) is 33.7 Å². The Morgan fingerprint density at radius 3 is 2.64 bits per heavy atom. The molecule has 0 aliphatic heterocycles. The summed E-state index contributed by atoms with van der Waals surface area (Å²) in [6, 6.07) is 12.7. The molecule has 0 spiro atoms. The minimum Gasteiger partial charge on any atom is -0.349 e. The number of pyridine rings is 2. The maximum Gasteiger partial charge on any atom is 0.274 e. The first kappa shape index (κ1) is 15.3. The Morgan fingerprint density at radius 2 is 1.80 bits per heavy atom. The van der Waals surface area contributed by atoms with E-state index in [-0.39, 0.29) is 23.6 Å². The highest BCUT2D eigenvalue weighted by Gasteiger charge is 2.24. The van der Waals surface area contributed by atoms with Gasteiger partial charge in [-0.2, -0.15) is 0 Å². The lowest BCUT2D eigenvalue weighted by Crippen LogP contribution is -2.26. The third kappa shape index (κ3) is 3.33. The van der Waals surface area contributed by atoms with Crippen LogP contribution in [-0.2, 0) is 0 Å². The molecule has 1 aromatic carbocycles. The Kier molecular flexibility index (Phi) is 3.85. The van der Waals surface area contributed by atoms with Gasteiger partial charge >= 0.3 is 0 Å². The fourth-order valence-electron chi connectivity index (χ4n) is 2.58. The molecule has 4 rings (SSSR count). The Morgan fingerprint density at radius 1 is 0.960 bits per heavy atom. The predicted molar refractivity (Wildman–Crippen MR) is 94.4 cm³/mol. The Hall–Kier alpha value is -3.28. The molecule has 0 radical (unpaired) electrons. The van der Waals surface area contributed by atoms with Crippen LogP contribution in [0.2, 0.25) is 0 Å². The number of fused-ring (bicyclic) bond motifs is 1. The summed E-state index contributed by atoms with van der Waals surface area (Å²) in [4.78, 5) is 33.1. The number of hydrogen-bond acceptors (Lipinski definition) is 4. The van der Waals surface area contributed by atoms with E-state index in [1.54, 1.807) is 18.3 Å². The third-order valence-electron chi connectivity index (χ3n) is 4.05. The first-order chi connectivity index (χ1) is 12.2. The fraction of sp³-hybridized carbons (Fsp3) is 0.158. The number of carbonyl (C=O) groups is 2. The van der Waals surface area contributed by atoms with E-state index in [1.165, 1.54) is 12.3 Å². The van der Waals surface area contributed by atoms with Crippen LogP contribution < -0.4 is 10.6 Å². The van der Waals surface area contributed by atoms with Gasteiger partial charge < -0.3 is 10.6 Å². The average Bonchev–Trinajstić information content (AvgIpc) is 3.46. The van der Waals surface area contributed by atoms with E-state index >= 15 is 0 Å². The highest BCUT2D eigenvalue weighted by Crippen LogP contribution is 2.21. The predicted octanol–water partition coefficient (Wildman–Crippen LogP) is 2.77. The van der Waals surface area contributed by atoms with Crippen molar-refractivity contribution in [2.45, 2.75) is 18.9 Å². The summed E-state index contributed by atoms with van der Waals surface area (Å²) in [5.41, 5.74) is 1.94. The highest BCUT2D eigenvalue weighted by molar-refractivity contribution is 6.08. The van der Waals surface area contributed by atoms with Crippen LogP contribution in [0.25, 0.3) is 10.9 Å². The molecule has 25 heavy (non-hydrogen) atoms. The molecule has 0 saturated heterocycles. The Balaban J connectivity index is 1.57. The summed E-state index contributed by atoms with van der Waals surface area (Å²) < 4.78 is 0. The molecule has 1 aliphatic carbocycles. The molecular formula is C19H16N4O2. The molecule has 0 unspecified atom stereocenters. The minimum atomic E-state index is -0.376. The van der Waals surface area contributed by atoms with Crippen molar-refractivity contribution in [2.75, 3.05) is 5.32 Å². The van der Waals surface area contributed by atoms with Crippen LogP contribution in [0.5, 0.6) is 0 Å². The maximum absolute atomic E-state index is 12.5. The number of rotatable bonds is 4. The zero-order valence-corrected chi connectivity index (χ0v) is 13.4. The molecule has 2 aromatic heterocycles. The minimum absolute atomic E-state index is 0.175. The van der Waals surface area contributed by atoms with E-state index in [2.05, 4.69) is 20.6 Å². The van der Waals surface area contributed by atoms with Crippen LogP contribution in [0.4, 0.5) is 5.69 Å². The Labute approximate surface area is 144 Å². The van der Waals surface area contributed by atoms with Crippen molar-refractivity contribution in [1.29, 1.82) is 0 Å². The van der Waals surface area contributed by atoms with E-state index in [0.717, 1.165) is 18.2 Å². The van der Waals surface area contributed by atoms with Crippen molar-refractivity contribution >= 4 is 28.4 Å². The van der Waals surface area contributed by atoms with Crippen molar-refractivity contribution < 1.29 is 9.59 Å². The van der Waals surface area contributed by atoms with Crippen molar-refractivity contribution in [3.63, 3.8) is 0 Å².